The van der Waals surface area contributed by atoms with E-state index in [-0.39, 0.29) is 0 Å². The molecule has 4 heteroatoms. The molecule has 1 aromatic heterocycles. The normalized spacial score (nSPS) is 13.7. The number of aromatic nitrogens is 2. The maximum atomic E-state index is 11.1. The maximum Gasteiger partial charge on any atom is 0.128 e. The third kappa shape index (κ3) is 3.16. The van der Waals surface area contributed by atoms with Crippen molar-refractivity contribution < 1.29 is 5.11 Å². The molecule has 0 unspecified atom stereocenters. The van der Waals surface area contributed by atoms with Crippen molar-refractivity contribution in [3.63, 3.8) is 0 Å². The van der Waals surface area contributed by atoms with Crippen molar-refractivity contribution in [2.75, 3.05) is 0 Å². The molecule has 1 heterocycles. The van der Waals surface area contributed by atoms with E-state index in [0.717, 1.165) is 17.1 Å². The Balaban J connectivity index is 2.01. The molecule has 0 aliphatic heterocycles. The zero-order valence-corrected chi connectivity index (χ0v) is 14.0. The molecule has 0 fully saturated rings. The Morgan fingerprint density at radius 3 is 2.39 bits per heavy atom. The Hall–Kier alpha value is -2.10. The molecular formula is C19H19ClN2O. The summed E-state index contributed by atoms with van der Waals surface area (Å²) in [7, 11) is 0. The zero-order valence-electron chi connectivity index (χ0n) is 13.2. The molecule has 0 radical (unpaired) electrons. The minimum atomic E-state index is -1.14. The molecule has 0 amide bonds. The molecule has 23 heavy (non-hydrogen) atoms. The Bertz CT molecular complexity index is 792. The standard InChI is InChI=1S/C19H19ClN2O/c1-14-21-12-18(22(14)13-15-6-4-3-5-7-15)19(2,23)16-8-10-17(20)11-9-16/h3-12,23H,13H2,1-2H3/t19-/m1/s1. The van der Waals surface area contributed by atoms with E-state index in [1.54, 1.807) is 25.3 Å². The molecule has 2 aromatic carbocycles. The fourth-order valence-corrected chi connectivity index (χ4v) is 2.87. The molecule has 118 valence electrons. The number of imidazole rings is 1. The zero-order chi connectivity index (χ0) is 16.4. The molecule has 3 rings (SSSR count). The number of aliphatic hydroxyl groups is 1. The molecule has 0 saturated heterocycles. The summed E-state index contributed by atoms with van der Waals surface area (Å²) in [5.41, 5.74) is 1.58. The van der Waals surface area contributed by atoms with Crippen LogP contribution in [0.5, 0.6) is 0 Å². The van der Waals surface area contributed by atoms with Gasteiger partial charge in [0.05, 0.1) is 11.9 Å². The molecule has 0 aliphatic carbocycles. The second-order valence-electron chi connectivity index (χ2n) is 5.84. The van der Waals surface area contributed by atoms with E-state index in [0.29, 0.717) is 11.6 Å². The topological polar surface area (TPSA) is 38.1 Å². The van der Waals surface area contributed by atoms with Crippen LogP contribution in [0, 0.1) is 6.92 Å². The van der Waals surface area contributed by atoms with Gasteiger partial charge in [0.2, 0.25) is 0 Å². The third-order valence-electron chi connectivity index (χ3n) is 4.14. The van der Waals surface area contributed by atoms with E-state index >= 15 is 0 Å². The van der Waals surface area contributed by atoms with E-state index in [4.69, 9.17) is 11.6 Å². The number of aryl methyl sites for hydroxylation is 1. The minimum Gasteiger partial charge on any atom is -0.379 e. The first kappa shape index (κ1) is 15.8. The highest BCUT2D eigenvalue weighted by Gasteiger charge is 2.30. The smallest absolute Gasteiger partial charge is 0.128 e. The van der Waals surface area contributed by atoms with Crippen LogP contribution in [-0.2, 0) is 12.1 Å². The number of hydrogen-bond donors (Lipinski definition) is 1. The first-order chi connectivity index (χ1) is 11.0. The monoisotopic (exact) mass is 326 g/mol. The number of halogens is 1. The molecule has 0 spiro atoms. The molecule has 0 saturated carbocycles. The summed E-state index contributed by atoms with van der Waals surface area (Å²) in [5.74, 6) is 0.873. The van der Waals surface area contributed by atoms with Gasteiger partial charge in [-0.2, -0.15) is 0 Å². The van der Waals surface area contributed by atoms with Crippen LogP contribution in [0.25, 0.3) is 0 Å². The largest absolute Gasteiger partial charge is 0.379 e. The molecule has 1 N–H and O–H groups in total. The lowest BCUT2D eigenvalue weighted by molar-refractivity contribution is 0.0933. The van der Waals surface area contributed by atoms with Crippen molar-refractivity contribution in [3.05, 3.63) is 88.5 Å². The van der Waals surface area contributed by atoms with Gasteiger partial charge in [-0.25, -0.2) is 4.98 Å². The number of benzene rings is 2. The minimum absolute atomic E-state index is 0.651. The summed E-state index contributed by atoms with van der Waals surface area (Å²) in [4.78, 5) is 4.40. The highest BCUT2D eigenvalue weighted by molar-refractivity contribution is 6.30. The highest BCUT2D eigenvalue weighted by atomic mass is 35.5. The van der Waals surface area contributed by atoms with Crippen LogP contribution >= 0.6 is 11.6 Å². The van der Waals surface area contributed by atoms with Gasteiger partial charge < -0.3 is 9.67 Å². The van der Waals surface area contributed by atoms with Gasteiger partial charge in [0, 0.05) is 11.6 Å². The van der Waals surface area contributed by atoms with E-state index in [1.165, 1.54) is 5.56 Å². The highest BCUT2D eigenvalue weighted by Crippen LogP contribution is 2.31. The maximum absolute atomic E-state index is 11.1. The Morgan fingerprint density at radius 1 is 1.09 bits per heavy atom. The van der Waals surface area contributed by atoms with Gasteiger partial charge in [0.1, 0.15) is 11.4 Å². The third-order valence-corrected chi connectivity index (χ3v) is 4.40. The van der Waals surface area contributed by atoms with Crippen molar-refractivity contribution in [2.45, 2.75) is 26.0 Å². The summed E-state index contributed by atoms with van der Waals surface area (Å²) >= 11 is 5.95. The first-order valence-corrected chi connectivity index (χ1v) is 7.91. The number of nitrogens with zero attached hydrogens (tertiary/aromatic N) is 2. The number of rotatable bonds is 4. The second-order valence-corrected chi connectivity index (χ2v) is 6.28. The van der Waals surface area contributed by atoms with Gasteiger partial charge in [-0.3, -0.25) is 0 Å². The first-order valence-electron chi connectivity index (χ1n) is 7.53. The second kappa shape index (κ2) is 6.19. The lowest BCUT2D eigenvalue weighted by Crippen LogP contribution is -2.27. The van der Waals surface area contributed by atoms with Crippen LogP contribution < -0.4 is 0 Å². The fourth-order valence-electron chi connectivity index (χ4n) is 2.74. The SMILES string of the molecule is Cc1ncc([C@](C)(O)c2ccc(Cl)cc2)n1Cc1ccccc1. The van der Waals surface area contributed by atoms with Crippen molar-refractivity contribution in [1.29, 1.82) is 0 Å². The molecule has 3 nitrogen and oxygen atoms in total. The lowest BCUT2D eigenvalue weighted by Gasteiger charge is -2.26. The predicted molar refractivity (Wildman–Crippen MR) is 92.6 cm³/mol. The van der Waals surface area contributed by atoms with Gasteiger partial charge in [-0.15, -0.1) is 0 Å². The van der Waals surface area contributed by atoms with Crippen LogP contribution in [0.1, 0.15) is 29.6 Å². The summed E-state index contributed by atoms with van der Waals surface area (Å²) in [6, 6.07) is 17.4. The molecule has 3 aromatic rings. The van der Waals surface area contributed by atoms with Crippen LogP contribution in [0.2, 0.25) is 5.02 Å². The average molecular weight is 327 g/mol. The molecule has 0 bridgehead atoms. The number of hydrogen-bond acceptors (Lipinski definition) is 2. The summed E-state index contributed by atoms with van der Waals surface area (Å²) in [6.45, 7) is 4.41. The predicted octanol–water partition coefficient (Wildman–Crippen LogP) is 4.15. The van der Waals surface area contributed by atoms with Crippen molar-refractivity contribution in [3.8, 4) is 0 Å². The van der Waals surface area contributed by atoms with Gasteiger partial charge in [0.15, 0.2) is 0 Å². The molecule has 0 aliphatic rings. The van der Waals surface area contributed by atoms with Gasteiger partial charge >= 0.3 is 0 Å². The van der Waals surface area contributed by atoms with E-state index in [1.807, 2.05) is 41.8 Å². The Labute approximate surface area is 141 Å². The van der Waals surface area contributed by atoms with Crippen LogP contribution in [0.15, 0.2) is 60.8 Å². The molecule has 1 atom stereocenters. The Morgan fingerprint density at radius 2 is 1.74 bits per heavy atom. The Kier molecular flexibility index (Phi) is 4.24. The van der Waals surface area contributed by atoms with Crippen LogP contribution in [-0.4, -0.2) is 14.7 Å². The van der Waals surface area contributed by atoms with Crippen molar-refractivity contribution >= 4 is 11.6 Å². The average Bonchev–Trinajstić information content (AvgIpc) is 2.90. The van der Waals surface area contributed by atoms with Gasteiger partial charge in [-0.1, -0.05) is 54.1 Å². The lowest BCUT2D eigenvalue weighted by atomic mass is 9.92. The molecular weight excluding hydrogens is 308 g/mol. The quantitative estimate of drug-likeness (QED) is 0.782. The van der Waals surface area contributed by atoms with Crippen molar-refractivity contribution in [1.82, 2.24) is 9.55 Å². The van der Waals surface area contributed by atoms with E-state index in [2.05, 4.69) is 17.1 Å². The van der Waals surface area contributed by atoms with Gasteiger partial charge in [-0.05, 0) is 37.1 Å². The van der Waals surface area contributed by atoms with Gasteiger partial charge in [0.25, 0.3) is 0 Å². The van der Waals surface area contributed by atoms with Crippen LogP contribution in [0.3, 0.4) is 0 Å². The summed E-state index contributed by atoms with van der Waals surface area (Å²) in [5, 5.41) is 11.8. The summed E-state index contributed by atoms with van der Waals surface area (Å²) < 4.78 is 2.05. The summed E-state index contributed by atoms with van der Waals surface area (Å²) in [6.07, 6.45) is 1.74. The van der Waals surface area contributed by atoms with Crippen molar-refractivity contribution in [2.24, 2.45) is 0 Å². The van der Waals surface area contributed by atoms with Crippen LogP contribution in [0.4, 0.5) is 0 Å². The van der Waals surface area contributed by atoms with E-state index < -0.39 is 5.60 Å². The fraction of sp³-hybridized carbons (Fsp3) is 0.211. The van der Waals surface area contributed by atoms with E-state index in [9.17, 15) is 5.11 Å².